The molecule has 4 aromatic rings. The van der Waals surface area contributed by atoms with Gasteiger partial charge in [-0.15, -0.1) is 11.3 Å². The summed E-state index contributed by atoms with van der Waals surface area (Å²) in [6.07, 6.45) is -4.66. The maximum Gasteiger partial charge on any atom is 0.433 e. The molecule has 0 unspecified atom stereocenters. The Labute approximate surface area is 195 Å². The summed E-state index contributed by atoms with van der Waals surface area (Å²) < 4.78 is 41.6. The predicted molar refractivity (Wildman–Crippen MR) is 121 cm³/mol. The van der Waals surface area contributed by atoms with Crippen molar-refractivity contribution in [3.8, 4) is 16.4 Å². The normalized spacial score (nSPS) is 12.1. The van der Waals surface area contributed by atoms with Crippen molar-refractivity contribution in [3.05, 3.63) is 88.0 Å². The van der Waals surface area contributed by atoms with E-state index in [2.05, 4.69) is 20.6 Å². The Hall–Kier alpha value is -3.50. The number of nitrogens with one attached hydrogen (secondary N) is 1. The monoisotopic (exact) mass is 489 g/mol. The third kappa shape index (κ3) is 5.12. The number of hydrogen-bond donors (Lipinski definition) is 1. The summed E-state index contributed by atoms with van der Waals surface area (Å²) >= 11 is 6.73. The topological polar surface area (TPSA) is 72.2 Å². The van der Waals surface area contributed by atoms with Crippen molar-refractivity contribution in [1.29, 1.82) is 0 Å². The number of hydrogen-bond acceptors (Lipinski definition) is 5. The zero-order valence-corrected chi connectivity index (χ0v) is 18.5. The summed E-state index contributed by atoms with van der Waals surface area (Å²) in [7, 11) is 0. The molecule has 0 bridgehead atoms. The van der Waals surface area contributed by atoms with Gasteiger partial charge in [-0.25, -0.2) is 15.1 Å². The van der Waals surface area contributed by atoms with E-state index in [1.807, 2.05) is 0 Å². The maximum atomic E-state index is 13.6. The second-order valence-corrected chi connectivity index (χ2v) is 8.12. The van der Waals surface area contributed by atoms with Gasteiger partial charge in [-0.2, -0.15) is 23.4 Å². The van der Waals surface area contributed by atoms with Crippen LogP contribution in [0.2, 0.25) is 5.02 Å². The minimum absolute atomic E-state index is 0.0764. The number of carbonyl (C=O) groups is 1. The molecule has 2 aromatic carbocycles. The van der Waals surface area contributed by atoms with Crippen LogP contribution in [0, 0.1) is 0 Å². The van der Waals surface area contributed by atoms with Gasteiger partial charge in [-0.05, 0) is 30.7 Å². The Kier molecular flexibility index (Phi) is 6.30. The molecule has 0 saturated carbocycles. The van der Waals surface area contributed by atoms with E-state index in [9.17, 15) is 18.0 Å². The fourth-order valence-corrected chi connectivity index (χ4v) is 3.79. The average molecular weight is 490 g/mol. The van der Waals surface area contributed by atoms with Crippen molar-refractivity contribution < 1.29 is 18.0 Å². The molecule has 0 aliphatic carbocycles. The van der Waals surface area contributed by atoms with Gasteiger partial charge in [0.15, 0.2) is 5.69 Å². The van der Waals surface area contributed by atoms with E-state index in [1.54, 1.807) is 61.5 Å². The highest BCUT2D eigenvalue weighted by Gasteiger charge is 2.37. The van der Waals surface area contributed by atoms with Gasteiger partial charge in [0.2, 0.25) is 5.13 Å². The van der Waals surface area contributed by atoms with Crippen LogP contribution >= 0.6 is 22.9 Å². The lowest BCUT2D eigenvalue weighted by molar-refractivity contribution is -0.142. The second-order valence-electron chi connectivity index (χ2n) is 6.85. The van der Waals surface area contributed by atoms with Crippen LogP contribution in [0.15, 0.2) is 71.1 Å². The molecule has 1 N–H and O–H groups in total. The SMILES string of the molecule is CC(=NNC(=O)c1csc(-n2nc(-c3ccccc3)cc2C(F)(F)F)n1)c1ccc(Cl)cc1. The number of carbonyl (C=O) groups excluding carboxylic acids is 1. The Morgan fingerprint density at radius 3 is 2.48 bits per heavy atom. The van der Waals surface area contributed by atoms with Gasteiger partial charge in [0, 0.05) is 16.0 Å². The Bertz CT molecular complexity index is 1310. The lowest BCUT2D eigenvalue weighted by atomic mass is 10.1. The van der Waals surface area contributed by atoms with Crippen LogP contribution in [0.3, 0.4) is 0 Å². The molecule has 0 aliphatic heterocycles. The van der Waals surface area contributed by atoms with E-state index in [-0.39, 0.29) is 16.5 Å². The molecule has 6 nitrogen and oxygen atoms in total. The van der Waals surface area contributed by atoms with Crippen LogP contribution in [0.1, 0.15) is 28.7 Å². The predicted octanol–water partition coefficient (Wildman–Crippen LogP) is 5.82. The highest BCUT2D eigenvalue weighted by Crippen LogP contribution is 2.34. The van der Waals surface area contributed by atoms with Crippen molar-refractivity contribution >= 4 is 34.6 Å². The Balaban J connectivity index is 1.59. The van der Waals surface area contributed by atoms with E-state index in [0.29, 0.717) is 21.0 Å². The Morgan fingerprint density at radius 2 is 1.82 bits per heavy atom. The van der Waals surface area contributed by atoms with E-state index in [0.717, 1.165) is 23.0 Å². The van der Waals surface area contributed by atoms with Gasteiger partial charge in [0.25, 0.3) is 5.91 Å². The molecule has 2 heterocycles. The van der Waals surface area contributed by atoms with E-state index in [1.165, 1.54) is 5.38 Å². The minimum Gasteiger partial charge on any atom is -0.266 e. The van der Waals surface area contributed by atoms with Crippen LogP contribution in [-0.4, -0.2) is 26.4 Å². The molecule has 0 aliphatic rings. The molecule has 11 heteroatoms. The van der Waals surface area contributed by atoms with Crippen LogP contribution in [0.5, 0.6) is 0 Å². The second kappa shape index (κ2) is 9.16. The third-order valence-electron chi connectivity index (χ3n) is 4.56. The number of amides is 1. The first kappa shape index (κ1) is 22.7. The van der Waals surface area contributed by atoms with Crippen LogP contribution < -0.4 is 5.43 Å². The quantitative estimate of drug-likeness (QED) is 0.283. The smallest absolute Gasteiger partial charge is 0.266 e. The van der Waals surface area contributed by atoms with E-state index >= 15 is 0 Å². The molecule has 0 spiro atoms. The number of nitrogens with zero attached hydrogens (tertiary/aromatic N) is 4. The van der Waals surface area contributed by atoms with Crippen molar-refractivity contribution in [1.82, 2.24) is 20.2 Å². The molecule has 4 rings (SSSR count). The molecule has 0 saturated heterocycles. The van der Waals surface area contributed by atoms with Crippen molar-refractivity contribution in [2.45, 2.75) is 13.1 Å². The lowest BCUT2D eigenvalue weighted by Crippen LogP contribution is -2.20. The first-order chi connectivity index (χ1) is 15.7. The number of rotatable bonds is 5. The minimum atomic E-state index is -4.66. The maximum absolute atomic E-state index is 13.6. The summed E-state index contributed by atoms with van der Waals surface area (Å²) in [6, 6.07) is 16.3. The van der Waals surface area contributed by atoms with Crippen LogP contribution in [0.4, 0.5) is 13.2 Å². The zero-order chi connectivity index (χ0) is 23.6. The highest BCUT2D eigenvalue weighted by atomic mass is 35.5. The number of halogens is 4. The molecular formula is C22H15ClF3N5OS. The van der Waals surface area contributed by atoms with E-state index in [4.69, 9.17) is 11.6 Å². The molecule has 0 radical (unpaired) electrons. The van der Waals surface area contributed by atoms with E-state index < -0.39 is 17.8 Å². The van der Waals surface area contributed by atoms with Gasteiger partial charge < -0.3 is 0 Å². The molecule has 0 atom stereocenters. The first-order valence-electron chi connectivity index (χ1n) is 9.51. The van der Waals surface area contributed by atoms with Gasteiger partial charge in [-0.1, -0.05) is 54.1 Å². The summed E-state index contributed by atoms with van der Waals surface area (Å²) in [4.78, 5) is 16.5. The number of alkyl halides is 3. The summed E-state index contributed by atoms with van der Waals surface area (Å²) in [5, 5.41) is 9.93. The van der Waals surface area contributed by atoms with Gasteiger partial charge in [0.05, 0.1) is 11.4 Å². The fraction of sp³-hybridized carbons (Fsp3) is 0.0909. The van der Waals surface area contributed by atoms with Crippen molar-refractivity contribution in [3.63, 3.8) is 0 Å². The number of hydrazone groups is 1. The average Bonchev–Trinajstić information content (AvgIpc) is 3.46. The third-order valence-corrected chi connectivity index (χ3v) is 5.63. The Morgan fingerprint density at radius 1 is 1.12 bits per heavy atom. The molecule has 2 aromatic heterocycles. The molecule has 0 fully saturated rings. The number of benzene rings is 2. The highest BCUT2D eigenvalue weighted by molar-refractivity contribution is 7.12. The van der Waals surface area contributed by atoms with Crippen LogP contribution in [-0.2, 0) is 6.18 Å². The lowest BCUT2D eigenvalue weighted by Gasteiger charge is -2.07. The number of thiazole rings is 1. The molecule has 1 amide bonds. The van der Waals surface area contributed by atoms with Crippen molar-refractivity contribution in [2.24, 2.45) is 5.10 Å². The van der Waals surface area contributed by atoms with Gasteiger partial charge >= 0.3 is 6.18 Å². The van der Waals surface area contributed by atoms with Crippen LogP contribution in [0.25, 0.3) is 16.4 Å². The summed E-state index contributed by atoms with van der Waals surface area (Å²) in [5.74, 6) is -0.658. The van der Waals surface area contributed by atoms with Gasteiger partial charge in [0.1, 0.15) is 5.69 Å². The first-order valence-corrected chi connectivity index (χ1v) is 10.8. The number of aromatic nitrogens is 3. The molecular weight excluding hydrogens is 475 g/mol. The summed E-state index contributed by atoms with van der Waals surface area (Å²) in [6.45, 7) is 1.69. The van der Waals surface area contributed by atoms with Gasteiger partial charge in [-0.3, -0.25) is 4.79 Å². The fourth-order valence-electron chi connectivity index (χ4n) is 2.89. The standard InChI is InChI=1S/C22H15ClF3N5OS/c1-13(14-7-9-16(23)10-8-14)28-29-20(32)18-12-33-21(27-18)31-19(22(24,25)26)11-17(30-31)15-5-3-2-4-6-15/h2-12H,1H3,(H,29,32). The molecule has 33 heavy (non-hydrogen) atoms. The molecule has 168 valence electrons. The summed E-state index contributed by atoms with van der Waals surface area (Å²) in [5.41, 5.74) is 3.25. The zero-order valence-electron chi connectivity index (χ0n) is 17.0. The van der Waals surface area contributed by atoms with Crippen molar-refractivity contribution in [2.75, 3.05) is 0 Å². The largest absolute Gasteiger partial charge is 0.433 e.